The molecule has 8 heteroatoms. The second-order valence-electron chi connectivity index (χ2n) is 6.56. The number of nitriles is 1. The molecule has 2 aliphatic heterocycles. The molecule has 0 spiro atoms. The van der Waals surface area contributed by atoms with E-state index in [2.05, 4.69) is 30.8 Å². The second-order valence-corrected chi connectivity index (χ2v) is 6.56. The van der Waals surface area contributed by atoms with Crippen molar-refractivity contribution in [3.05, 3.63) is 35.7 Å². The van der Waals surface area contributed by atoms with Crippen molar-refractivity contribution in [2.24, 2.45) is 0 Å². The van der Waals surface area contributed by atoms with Gasteiger partial charge in [-0.25, -0.2) is 9.97 Å². The van der Waals surface area contributed by atoms with Crippen LogP contribution in [0.2, 0.25) is 0 Å². The average Bonchev–Trinajstić information content (AvgIpc) is 3.23. The summed E-state index contributed by atoms with van der Waals surface area (Å²) in [6.07, 6.45) is 2.59. The van der Waals surface area contributed by atoms with E-state index >= 15 is 0 Å². The monoisotopic (exact) mass is 351 g/mol. The molecule has 0 saturated carbocycles. The number of piperazine rings is 1. The van der Waals surface area contributed by atoms with E-state index < -0.39 is 0 Å². The number of nitrogens with zero attached hydrogens (tertiary/aromatic N) is 6. The number of rotatable bonds is 3. The molecule has 1 atom stereocenters. The van der Waals surface area contributed by atoms with E-state index in [1.54, 1.807) is 12.3 Å². The molecule has 2 aromatic heterocycles. The molecule has 0 aromatic carbocycles. The van der Waals surface area contributed by atoms with Crippen molar-refractivity contribution in [2.75, 3.05) is 54.9 Å². The van der Waals surface area contributed by atoms with E-state index in [9.17, 15) is 0 Å². The molecule has 4 heterocycles. The predicted molar refractivity (Wildman–Crippen MR) is 98.0 cm³/mol. The number of hydrogen-bond acceptors (Lipinski definition) is 8. The summed E-state index contributed by atoms with van der Waals surface area (Å²) in [6, 6.07) is 7.84. The van der Waals surface area contributed by atoms with Crippen LogP contribution in [0.15, 0.2) is 24.4 Å². The third-order valence-corrected chi connectivity index (χ3v) is 4.90. The number of nitrogens with two attached hydrogens (primary N) is 1. The van der Waals surface area contributed by atoms with Crippen molar-refractivity contribution in [3.8, 4) is 6.07 Å². The van der Waals surface area contributed by atoms with E-state index in [4.69, 9.17) is 15.7 Å². The molecule has 1 unspecified atom stereocenters. The molecule has 2 aliphatic rings. The highest BCUT2D eigenvalue weighted by atomic mass is 16.5. The topological polar surface area (TPSA) is 104 Å². The predicted octanol–water partition coefficient (Wildman–Crippen LogP) is 1.16. The Morgan fingerprint density at radius 3 is 2.50 bits per heavy atom. The first-order valence-electron chi connectivity index (χ1n) is 8.81. The van der Waals surface area contributed by atoms with E-state index in [-0.39, 0.29) is 0 Å². The lowest BCUT2D eigenvalue weighted by Crippen LogP contribution is -2.47. The summed E-state index contributed by atoms with van der Waals surface area (Å²) in [5, 5.41) is 8.88. The standard InChI is InChI=1S/C18H21N7O/c19-10-13-1-2-16(21-11-13)24-4-6-25(7-5-24)17-9-15(22-18(20)23-17)14-3-8-26-12-14/h1-2,9,11,14H,3-8,12H2,(H2,20,22,23). The zero-order valence-corrected chi connectivity index (χ0v) is 14.5. The Kier molecular flexibility index (Phi) is 4.54. The molecule has 0 bridgehead atoms. The third kappa shape index (κ3) is 3.39. The van der Waals surface area contributed by atoms with Gasteiger partial charge in [0, 0.05) is 51.0 Å². The lowest BCUT2D eigenvalue weighted by atomic mass is 10.0. The van der Waals surface area contributed by atoms with Crippen molar-refractivity contribution in [1.82, 2.24) is 15.0 Å². The number of anilines is 3. The maximum atomic E-state index is 8.88. The summed E-state index contributed by atoms with van der Waals surface area (Å²) in [5.41, 5.74) is 7.49. The summed E-state index contributed by atoms with van der Waals surface area (Å²) in [5.74, 6) is 2.41. The van der Waals surface area contributed by atoms with Crippen molar-refractivity contribution in [3.63, 3.8) is 0 Å². The maximum absolute atomic E-state index is 8.88. The van der Waals surface area contributed by atoms with E-state index in [0.29, 0.717) is 24.0 Å². The Labute approximate surface area is 152 Å². The zero-order chi connectivity index (χ0) is 17.9. The van der Waals surface area contributed by atoms with Gasteiger partial charge in [0.15, 0.2) is 0 Å². The first-order chi connectivity index (χ1) is 12.7. The SMILES string of the molecule is N#Cc1ccc(N2CCN(c3cc(C4CCOC4)nc(N)n3)CC2)nc1. The van der Waals surface area contributed by atoms with Crippen molar-refractivity contribution >= 4 is 17.6 Å². The Balaban J connectivity index is 1.45. The molecule has 4 rings (SSSR count). The van der Waals surface area contributed by atoms with E-state index in [1.165, 1.54) is 0 Å². The molecule has 134 valence electrons. The minimum Gasteiger partial charge on any atom is -0.381 e. The lowest BCUT2D eigenvalue weighted by molar-refractivity contribution is 0.193. The summed E-state index contributed by atoms with van der Waals surface area (Å²) in [4.78, 5) is 17.7. The highest BCUT2D eigenvalue weighted by Gasteiger charge is 2.24. The van der Waals surface area contributed by atoms with Gasteiger partial charge >= 0.3 is 0 Å². The van der Waals surface area contributed by atoms with Crippen molar-refractivity contribution in [2.45, 2.75) is 12.3 Å². The van der Waals surface area contributed by atoms with Gasteiger partial charge < -0.3 is 20.3 Å². The summed E-state index contributed by atoms with van der Waals surface area (Å²) < 4.78 is 5.47. The van der Waals surface area contributed by atoms with Gasteiger partial charge in [0.2, 0.25) is 5.95 Å². The van der Waals surface area contributed by atoms with Crippen LogP contribution < -0.4 is 15.5 Å². The molecule has 2 fully saturated rings. The van der Waals surface area contributed by atoms with Crippen LogP contribution in [-0.4, -0.2) is 54.3 Å². The van der Waals surface area contributed by atoms with Crippen LogP contribution in [0.4, 0.5) is 17.6 Å². The number of pyridine rings is 1. The largest absolute Gasteiger partial charge is 0.381 e. The Morgan fingerprint density at radius 1 is 1.12 bits per heavy atom. The molecule has 8 nitrogen and oxygen atoms in total. The van der Waals surface area contributed by atoms with Crippen LogP contribution in [0.3, 0.4) is 0 Å². The average molecular weight is 351 g/mol. The molecule has 2 aromatic rings. The van der Waals surface area contributed by atoms with Crippen LogP contribution in [0.5, 0.6) is 0 Å². The van der Waals surface area contributed by atoms with Gasteiger partial charge in [-0.1, -0.05) is 0 Å². The highest BCUT2D eigenvalue weighted by Crippen LogP contribution is 2.27. The Hall–Kier alpha value is -2.92. The molecular formula is C18H21N7O. The van der Waals surface area contributed by atoms with Gasteiger partial charge in [-0.15, -0.1) is 0 Å². The van der Waals surface area contributed by atoms with Crippen LogP contribution >= 0.6 is 0 Å². The lowest BCUT2D eigenvalue weighted by Gasteiger charge is -2.36. The minimum absolute atomic E-state index is 0.309. The normalized spacial score (nSPS) is 20.2. The molecular weight excluding hydrogens is 330 g/mol. The zero-order valence-electron chi connectivity index (χ0n) is 14.5. The van der Waals surface area contributed by atoms with E-state index in [1.807, 2.05) is 12.1 Å². The third-order valence-electron chi connectivity index (χ3n) is 4.90. The van der Waals surface area contributed by atoms with Crippen LogP contribution in [0.1, 0.15) is 23.6 Å². The molecule has 26 heavy (non-hydrogen) atoms. The molecule has 2 saturated heterocycles. The van der Waals surface area contributed by atoms with Gasteiger partial charge in [-0.3, -0.25) is 0 Å². The van der Waals surface area contributed by atoms with Gasteiger partial charge in [0.1, 0.15) is 17.7 Å². The van der Waals surface area contributed by atoms with Gasteiger partial charge in [-0.05, 0) is 18.6 Å². The van der Waals surface area contributed by atoms with Crippen molar-refractivity contribution < 1.29 is 4.74 Å². The van der Waals surface area contributed by atoms with Crippen LogP contribution in [0, 0.1) is 11.3 Å². The van der Waals surface area contributed by atoms with Gasteiger partial charge in [-0.2, -0.15) is 10.2 Å². The number of ether oxygens (including phenoxy) is 1. The second kappa shape index (κ2) is 7.14. The van der Waals surface area contributed by atoms with Crippen molar-refractivity contribution in [1.29, 1.82) is 5.26 Å². The Morgan fingerprint density at radius 2 is 1.88 bits per heavy atom. The van der Waals surface area contributed by atoms with E-state index in [0.717, 1.165) is 56.5 Å². The first-order valence-corrected chi connectivity index (χ1v) is 8.81. The van der Waals surface area contributed by atoms with Crippen LogP contribution in [-0.2, 0) is 4.74 Å². The first kappa shape index (κ1) is 16.5. The molecule has 2 N–H and O–H groups in total. The maximum Gasteiger partial charge on any atom is 0.222 e. The number of nitrogen functional groups attached to an aromatic ring is 1. The quantitative estimate of drug-likeness (QED) is 0.878. The molecule has 0 aliphatic carbocycles. The summed E-state index contributed by atoms with van der Waals surface area (Å²) >= 11 is 0. The van der Waals surface area contributed by atoms with Gasteiger partial charge in [0.25, 0.3) is 0 Å². The fraction of sp³-hybridized carbons (Fsp3) is 0.444. The highest BCUT2D eigenvalue weighted by molar-refractivity contribution is 5.48. The molecule has 0 amide bonds. The number of aromatic nitrogens is 3. The molecule has 0 radical (unpaired) electrons. The smallest absolute Gasteiger partial charge is 0.222 e. The summed E-state index contributed by atoms with van der Waals surface area (Å²) in [7, 11) is 0. The van der Waals surface area contributed by atoms with Gasteiger partial charge in [0.05, 0.1) is 17.9 Å². The van der Waals surface area contributed by atoms with Crippen LogP contribution in [0.25, 0.3) is 0 Å². The minimum atomic E-state index is 0.309. The fourth-order valence-corrected chi connectivity index (χ4v) is 3.41. The summed E-state index contributed by atoms with van der Waals surface area (Å²) in [6.45, 7) is 4.82. The fourth-order valence-electron chi connectivity index (χ4n) is 3.41. The number of hydrogen-bond donors (Lipinski definition) is 1. The Bertz CT molecular complexity index is 803.